The second kappa shape index (κ2) is 7.39. The molecule has 27 heavy (non-hydrogen) atoms. The van der Waals surface area contributed by atoms with Gasteiger partial charge < -0.3 is 9.73 Å². The number of hydrogen-bond acceptors (Lipinski definition) is 4. The van der Waals surface area contributed by atoms with Crippen LogP contribution in [0.15, 0.2) is 47.0 Å². The number of carbonyl (C=O) groups is 1. The molecule has 0 bridgehead atoms. The Kier molecular flexibility index (Phi) is 5.17. The Bertz CT molecular complexity index is 917. The monoisotopic (exact) mass is 366 g/mol. The summed E-state index contributed by atoms with van der Waals surface area (Å²) in [5, 5.41) is 7.36. The van der Waals surface area contributed by atoms with Crippen LogP contribution in [0, 0.1) is 0 Å². The minimum absolute atomic E-state index is 0.189. The highest BCUT2D eigenvalue weighted by molar-refractivity contribution is 5.92. The molecule has 0 unspecified atom stereocenters. The average molecular weight is 366 g/mol. The first-order valence-electron chi connectivity index (χ1n) is 9.14. The standard InChI is InChI=1S/C21H26N4O2/c1-14(2)17-11-16(24-25(17)21(3,4)5)20(26)23-13-19-22-12-18(27-19)15-9-7-6-8-10-15/h6-12,14H,13H2,1-5H3,(H,23,26). The molecule has 0 saturated heterocycles. The number of nitrogens with one attached hydrogen (secondary N) is 1. The number of amides is 1. The highest BCUT2D eigenvalue weighted by Gasteiger charge is 2.23. The molecular weight excluding hydrogens is 340 g/mol. The van der Waals surface area contributed by atoms with Gasteiger partial charge in [-0.3, -0.25) is 9.48 Å². The SMILES string of the molecule is CC(C)c1cc(C(=O)NCc2ncc(-c3ccccc3)o2)nn1C(C)(C)C. The average Bonchev–Trinajstić information content (AvgIpc) is 3.27. The lowest BCUT2D eigenvalue weighted by Gasteiger charge is -2.23. The van der Waals surface area contributed by atoms with Crippen molar-refractivity contribution in [3.05, 3.63) is 59.9 Å². The summed E-state index contributed by atoms with van der Waals surface area (Å²) >= 11 is 0. The van der Waals surface area contributed by atoms with Crippen molar-refractivity contribution in [1.82, 2.24) is 20.1 Å². The maximum atomic E-state index is 12.6. The zero-order chi connectivity index (χ0) is 19.6. The molecule has 2 aromatic heterocycles. The normalized spacial score (nSPS) is 11.8. The minimum atomic E-state index is -0.237. The van der Waals surface area contributed by atoms with Crippen molar-refractivity contribution in [2.24, 2.45) is 0 Å². The van der Waals surface area contributed by atoms with Crippen LogP contribution >= 0.6 is 0 Å². The Morgan fingerprint density at radius 3 is 2.52 bits per heavy atom. The quantitative estimate of drug-likeness (QED) is 0.729. The molecule has 3 aromatic rings. The van der Waals surface area contributed by atoms with Crippen LogP contribution in [0.5, 0.6) is 0 Å². The zero-order valence-corrected chi connectivity index (χ0v) is 16.5. The molecule has 0 fully saturated rings. The van der Waals surface area contributed by atoms with Gasteiger partial charge >= 0.3 is 0 Å². The summed E-state index contributed by atoms with van der Waals surface area (Å²) in [5.74, 6) is 1.18. The lowest BCUT2D eigenvalue weighted by atomic mass is 10.1. The first kappa shape index (κ1) is 18.9. The smallest absolute Gasteiger partial charge is 0.272 e. The van der Waals surface area contributed by atoms with Gasteiger partial charge in [0.05, 0.1) is 18.3 Å². The molecule has 0 aliphatic carbocycles. The van der Waals surface area contributed by atoms with Gasteiger partial charge in [-0.05, 0) is 32.8 Å². The Morgan fingerprint density at radius 2 is 1.93 bits per heavy atom. The Labute approximate surface area is 159 Å². The van der Waals surface area contributed by atoms with Gasteiger partial charge in [0.1, 0.15) is 5.69 Å². The molecule has 0 saturated carbocycles. The van der Waals surface area contributed by atoms with Crippen LogP contribution in [0.2, 0.25) is 0 Å². The first-order chi connectivity index (χ1) is 12.8. The van der Waals surface area contributed by atoms with E-state index in [9.17, 15) is 4.79 Å². The van der Waals surface area contributed by atoms with Crippen LogP contribution in [0.4, 0.5) is 0 Å². The molecule has 6 nitrogen and oxygen atoms in total. The molecule has 0 spiro atoms. The van der Waals surface area contributed by atoms with E-state index < -0.39 is 0 Å². The number of aromatic nitrogens is 3. The number of oxazole rings is 1. The van der Waals surface area contributed by atoms with Crippen LogP contribution in [-0.4, -0.2) is 20.7 Å². The van der Waals surface area contributed by atoms with Crippen molar-refractivity contribution in [2.45, 2.75) is 52.6 Å². The van der Waals surface area contributed by atoms with Crippen LogP contribution in [0.3, 0.4) is 0 Å². The molecule has 142 valence electrons. The van der Waals surface area contributed by atoms with Crippen LogP contribution in [-0.2, 0) is 12.1 Å². The molecule has 1 aromatic carbocycles. The van der Waals surface area contributed by atoms with Gasteiger partial charge in [-0.2, -0.15) is 5.10 Å². The highest BCUT2D eigenvalue weighted by atomic mass is 16.4. The number of rotatable bonds is 5. The fourth-order valence-electron chi connectivity index (χ4n) is 2.83. The fourth-order valence-corrected chi connectivity index (χ4v) is 2.83. The maximum absolute atomic E-state index is 12.6. The van der Waals surface area contributed by atoms with E-state index in [0.717, 1.165) is 11.3 Å². The van der Waals surface area contributed by atoms with Gasteiger partial charge in [0.2, 0.25) is 5.89 Å². The van der Waals surface area contributed by atoms with Gasteiger partial charge in [-0.15, -0.1) is 0 Å². The van der Waals surface area contributed by atoms with E-state index in [4.69, 9.17) is 4.42 Å². The van der Waals surface area contributed by atoms with E-state index in [2.05, 4.69) is 50.0 Å². The van der Waals surface area contributed by atoms with Crippen LogP contribution < -0.4 is 5.32 Å². The zero-order valence-electron chi connectivity index (χ0n) is 16.5. The lowest BCUT2D eigenvalue weighted by Crippen LogP contribution is -2.27. The molecule has 0 atom stereocenters. The van der Waals surface area contributed by atoms with Crippen molar-refractivity contribution in [1.29, 1.82) is 0 Å². The van der Waals surface area contributed by atoms with E-state index in [-0.39, 0.29) is 23.9 Å². The predicted octanol–water partition coefficient (Wildman–Crippen LogP) is 4.35. The molecule has 0 radical (unpaired) electrons. The molecule has 2 heterocycles. The minimum Gasteiger partial charge on any atom is -0.439 e. The van der Waals surface area contributed by atoms with E-state index in [1.54, 1.807) is 6.20 Å². The van der Waals surface area contributed by atoms with Crippen LogP contribution in [0.1, 0.15) is 62.6 Å². The van der Waals surface area contributed by atoms with Crippen molar-refractivity contribution >= 4 is 5.91 Å². The van der Waals surface area contributed by atoms with Gasteiger partial charge in [0.25, 0.3) is 5.91 Å². The first-order valence-corrected chi connectivity index (χ1v) is 9.14. The topological polar surface area (TPSA) is 73.0 Å². The second-order valence-electron chi connectivity index (χ2n) is 7.86. The van der Waals surface area contributed by atoms with Crippen molar-refractivity contribution in [3.63, 3.8) is 0 Å². The summed E-state index contributed by atoms with van der Waals surface area (Å²) in [4.78, 5) is 16.8. The fraction of sp³-hybridized carbons (Fsp3) is 0.381. The van der Waals surface area contributed by atoms with Crippen molar-refractivity contribution in [2.75, 3.05) is 0 Å². The predicted molar refractivity (Wildman–Crippen MR) is 104 cm³/mol. The Hall–Kier alpha value is -2.89. The molecule has 6 heteroatoms. The van der Waals surface area contributed by atoms with E-state index in [1.807, 2.05) is 41.1 Å². The number of hydrogen-bond donors (Lipinski definition) is 1. The van der Waals surface area contributed by atoms with E-state index in [0.29, 0.717) is 17.3 Å². The maximum Gasteiger partial charge on any atom is 0.272 e. The third-order valence-electron chi connectivity index (χ3n) is 4.21. The van der Waals surface area contributed by atoms with Crippen molar-refractivity contribution in [3.8, 4) is 11.3 Å². The summed E-state index contributed by atoms with van der Waals surface area (Å²) in [6.07, 6.45) is 1.67. The molecule has 3 rings (SSSR count). The lowest BCUT2D eigenvalue weighted by molar-refractivity contribution is 0.0940. The molecule has 1 N–H and O–H groups in total. The number of benzene rings is 1. The molecule has 0 aliphatic rings. The van der Waals surface area contributed by atoms with E-state index in [1.165, 1.54) is 0 Å². The summed E-state index contributed by atoms with van der Waals surface area (Å²) in [7, 11) is 0. The summed E-state index contributed by atoms with van der Waals surface area (Å²) in [6, 6.07) is 11.6. The Morgan fingerprint density at radius 1 is 1.22 bits per heavy atom. The van der Waals surface area contributed by atoms with Crippen LogP contribution in [0.25, 0.3) is 11.3 Å². The summed E-state index contributed by atoms with van der Waals surface area (Å²) < 4.78 is 7.65. The highest BCUT2D eigenvalue weighted by Crippen LogP contribution is 2.24. The molecule has 0 aliphatic heterocycles. The number of nitrogens with zero attached hydrogens (tertiary/aromatic N) is 3. The van der Waals surface area contributed by atoms with Gasteiger partial charge in [-0.25, -0.2) is 4.98 Å². The van der Waals surface area contributed by atoms with Gasteiger partial charge in [0.15, 0.2) is 5.76 Å². The number of carbonyl (C=O) groups excluding carboxylic acids is 1. The van der Waals surface area contributed by atoms with Gasteiger partial charge in [0, 0.05) is 11.3 Å². The summed E-state index contributed by atoms with van der Waals surface area (Å²) in [6.45, 7) is 10.6. The molecular formula is C21H26N4O2. The largest absolute Gasteiger partial charge is 0.439 e. The third-order valence-corrected chi connectivity index (χ3v) is 4.21. The third kappa shape index (κ3) is 4.27. The van der Waals surface area contributed by atoms with Gasteiger partial charge in [-0.1, -0.05) is 44.2 Å². The van der Waals surface area contributed by atoms with E-state index >= 15 is 0 Å². The summed E-state index contributed by atoms with van der Waals surface area (Å²) in [5.41, 5.74) is 2.21. The second-order valence-corrected chi connectivity index (χ2v) is 7.86. The molecule has 1 amide bonds. The Balaban J connectivity index is 1.71. The van der Waals surface area contributed by atoms with Crippen molar-refractivity contribution < 1.29 is 9.21 Å².